The van der Waals surface area contributed by atoms with Crippen LogP contribution >= 0.6 is 0 Å². The van der Waals surface area contributed by atoms with Crippen LogP contribution in [-0.4, -0.2) is 21.6 Å². The Labute approximate surface area is 226 Å². The van der Waals surface area contributed by atoms with Gasteiger partial charge in [0.2, 0.25) is 0 Å². The van der Waals surface area contributed by atoms with Crippen LogP contribution in [0.2, 0.25) is 0 Å². The highest BCUT2D eigenvalue weighted by Gasteiger charge is 2.16. The molecule has 0 atom stereocenters. The number of carbonyl (C=O) groups is 2. The van der Waals surface area contributed by atoms with E-state index in [9.17, 15) is 19.1 Å². The van der Waals surface area contributed by atoms with Gasteiger partial charge in [-0.25, -0.2) is 9.18 Å². The number of carbonyl (C=O) groups excluding carboxylic acids is 1. The first kappa shape index (κ1) is 25.9. The molecule has 1 aromatic heterocycles. The van der Waals surface area contributed by atoms with E-state index >= 15 is 0 Å². The van der Waals surface area contributed by atoms with Gasteiger partial charge in [0.15, 0.2) is 0 Å². The van der Waals surface area contributed by atoms with E-state index in [2.05, 4.69) is 16.8 Å². The number of hydrogen-bond donors (Lipinski definition) is 2. The van der Waals surface area contributed by atoms with E-state index < -0.39 is 5.97 Å². The zero-order chi connectivity index (χ0) is 27.7. The van der Waals surface area contributed by atoms with Crippen LogP contribution in [-0.2, 0) is 13.1 Å². The van der Waals surface area contributed by atoms with Gasteiger partial charge in [0.05, 0.1) is 5.56 Å². The maximum absolute atomic E-state index is 14.1. The summed E-state index contributed by atoms with van der Waals surface area (Å²) in [5, 5.41) is 13.4. The van der Waals surface area contributed by atoms with Crippen molar-refractivity contribution in [3.8, 4) is 11.1 Å². The molecule has 39 heavy (non-hydrogen) atoms. The molecule has 0 aliphatic carbocycles. The Balaban J connectivity index is 1.37. The van der Waals surface area contributed by atoms with Crippen molar-refractivity contribution in [1.82, 2.24) is 9.88 Å². The monoisotopic (exact) mass is 520 g/mol. The lowest BCUT2D eigenvalue weighted by Crippen LogP contribution is -2.23. The fraction of sp³-hybridized carbons (Fsp3) is 0.152. The molecule has 0 radical (unpaired) electrons. The number of aromatic carboxylic acids is 1. The van der Waals surface area contributed by atoms with Crippen molar-refractivity contribution < 1.29 is 19.1 Å². The number of carboxylic acid groups (broad SMARTS) is 1. The van der Waals surface area contributed by atoms with Gasteiger partial charge in [0, 0.05) is 40.8 Å². The summed E-state index contributed by atoms with van der Waals surface area (Å²) < 4.78 is 16.3. The molecule has 0 saturated heterocycles. The molecule has 0 fully saturated rings. The third kappa shape index (κ3) is 5.18. The highest BCUT2D eigenvalue weighted by atomic mass is 19.1. The number of halogens is 1. The maximum Gasteiger partial charge on any atom is 0.336 e. The number of fused-ring (bicyclic) bond motifs is 1. The van der Waals surface area contributed by atoms with E-state index in [-0.39, 0.29) is 23.8 Å². The first-order chi connectivity index (χ1) is 18.7. The lowest BCUT2D eigenvalue weighted by molar-refractivity contribution is 0.0697. The lowest BCUT2D eigenvalue weighted by Gasteiger charge is -2.11. The molecule has 0 unspecified atom stereocenters. The molecular formula is C33H29FN2O3. The van der Waals surface area contributed by atoms with Gasteiger partial charge >= 0.3 is 5.97 Å². The Bertz CT molecular complexity index is 1720. The average Bonchev–Trinajstić information content (AvgIpc) is 3.18. The van der Waals surface area contributed by atoms with Gasteiger partial charge < -0.3 is 15.0 Å². The summed E-state index contributed by atoms with van der Waals surface area (Å²) in [6, 6.07) is 25.4. The molecule has 0 aliphatic heterocycles. The van der Waals surface area contributed by atoms with Crippen molar-refractivity contribution >= 4 is 22.8 Å². The molecule has 1 amide bonds. The Kier molecular flexibility index (Phi) is 7.03. The first-order valence-corrected chi connectivity index (χ1v) is 12.8. The number of aryl methyl sites for hydroxylation is 2. The molecule has 0 aliphatic rings. The van der Waals surface area contributed by atoms with Crippen LogP contribution in [0.3, 0.4) is 0 Å². The Hall–Kier alpha value is -4.71. The number of rotatable bonds is 7. The van der Waals surface area contributed by atoms with Crippen molar-refractivity contribution in [2.24, 2.45) is 0 Å². The number of amides is 1. The van der Waals surface area contributed by atoms with Gasteiger partial charge in [-0.05, 0) is 73.4 Å². The molecule has 5 rings (SSSR count). The Morgan fingerprint density at radius 3 is 2.38 bits per heavy atom. The van der Waals surface area contributed by atoms with Crippen molar-refractivity contribution in [3.05, 3.63) is 130 Å². The maximum atomic E-state index is 14.1. The predicted molar refractivity (Wildman–Crippen MR) is 152 cm³/mol. The smallest absolute Gasteiger partial charge is 0.336 e. The summed E-state index contributed by atoms with van der Waals surface area (Å²) in [5.41, 5.74) is 8.03. The van der Waals surface area contributed by atoms with E-state index in [1.54, 1.807) is 30.3 Å². The largest absolute Gasteiger partial charge is 0.478 e. The van der Waals surface area contributed by atoms with Crippen molar-refractivity contribution in [3.63, 3.8) is 0 Å². The lowest BCUT2D eigenvalue weighted by atomic mass is 9.99. The molecule has 4 aromatic carbocycles. The van der Waals surface area contributed by atoms with E-state index in [1.807, 2.05) is 62.4 Å². The fourth-order valence-corrected chi connectivity index (χ4v) is 5.00. The second kappa shape index (κ2) is 10.6. The van der Waals surface area contributed by atoms with Crippen molar-refractivity contribution in [2.45, 2.75) is 33.9 Å². The summed E-state index contributed by atoms with van der Waals surface area (Å²) in [6.45, 7) is 6.75. The second-order valence-electron chi connectivity index (χ2n) is 9.85. The van der Waals surface area contributed by atoms with Gasteiger partial charge in [-0.2, -0.15) is 0 Å². The molecule has 5 nitrogen and oxygen atoms in total. The molecule has 0 saturated carbocycles. The minimum atomic E-state index is -0.949. The molecular weight excluding hydrogens is 491 g/mol. The number of hydrogen-bond acceptors (Lipinski definition) is 2. The minimum Gasteiger partial charge on any atom is -0.478 e. The average molecular weight is 521 g/mol. The van der Waals surface area contributed by atoms with Gasteiger partial charge in [-0.3, -0.25) is 4.79 Å². The van der Waals surface area contributed by atoms with Gasteiger partial charge in [-0.15, -0.1) is 0 Å². The zero-order valence-electron chi connectivity index (χ0n) is 22.1. The Morgan fingerprint density at radius 1 is 0.897 bits per heavy atom. The van der Waals surface area contributed by atoms with E-state index in [0.717, 1.165) is 38.9 Å². The third-order valence-corrected chi connectivity index (χ3v) is 7.30. The molecule has 1 heterocycles. The summed E-state index contributed by atoms with van der Waals surface area (Å²) in [7, 11) is 0. The SMILES string of the molecule is Cc1ccc(F)c(CNC(=O)c2ccc3c(c2)c(C)c(C)n3Cc2ccc(-c3ccccc3C(=O)O)cc2)c1. The molecule has 2 N–H and O–H groups in total. The molecule has 196 valence electrons. The van der Waals surface area contributed by atoms with Crippen LogP contribution < -0.4 is 5.32 Å². The topological polar surface area (TPSA) is 71.3 Å². The van der Waals surface area contributed by atoms with Crippen LogP contribution in [0.5, 0.6) is 0 Å². The number of aromatic nitrogens is 1. The first-order valence-electron chi connectivity index (χ1n) is 12.8. The number of nitrogens with one attached hydrogen (secondary N) is 1. The zero-order valence-corrected chi connectivity index (χ0v) is 22.1. The van der Waals surface area contributed by atoms with Crippen LogP contribution in [0.4, 0.5) is 4.39 Å². The normalized spacial score (nSPS) is 11.1. The summed E-state index contributed by atoms with van der Waals surface area (Å²) >= 11 is 0. The Morgan fingerprint density at radius 2 is 1.64 bits per heavy atom. The third-order valence-electron chi connectivity index (χ3n) is 7.30. The number of nitrogens with zero attached hydrogens (tertiary/aromatic N) is 1. The summed E-state index contributed by atoms with van der Waals surface area (Å²) in [4.78, 5) is 24.5. The van der Waals surface area contributed by atoms with E-state index in [4.69, 9.17) is 0 Å². The van der Waals surface area contributed by atoms with Crippen LogP contribution in [0.25, 0.3) is 22.0 Å². The van der Waals surface area contributed by atoms with Crippen LogP contribution in [0.1, 0.15) is 48.7 Å². The van der Waals surface area contributed by atoms with E-state index in [0.29, 0.717) is 23.2 Å². The van der Waals surface area contributed by atoms with E-state index in [1.165, 1.54) is 6.07 Å². The van der Waals surface area contributed by atoms with Crippen molar-refractivity contribution in [2.75, 3.05) is 0 Å². The summed E-state index contributed by atoms with van der Waals surface area (Å²) in [5.74, 6) is -1.53. The fourth-order valence-electron chi connectivity index (χ4n) is 5.00. The minimum absolute atomic E-state index is 0.121. The van der Waals surface area contributed by atoms with Crippen molar-refractivity contribution in [1.29, 1.82) is 0 Å². The van der Waals surface area contributed by atoms with Gasteiger partial charge in [0.25, 0.3) is 5.91 Å². The highest BCUT2D eigenvalue weighted by molar-refractivity contribution is 5.99. The predicted octanol–water partition coefficient (Wildman–Crippen LogP) is 7.05. The van der Waals surface area contributed by atoms with Gasteiger partial charge in [0.1, 0.15) is 5.82 Å². The second-order valence-corrected chi connectivity index (χ2v) is 9.85. The molecule has 0 bridgehead atoms. The standard InChI is InChI=1S/C33H29FN2O3/c1-20-8-14-30(34)26(16-20)18-35-32(37)25-13-15-31-29(17-25)21(2)22(3)36(31)19-23-9-11-24(12-10-23)27-6-4-5-7-28(27)33(38)39/h4-17H,18-19H2,1-3H3,(H,35,37)(H,38,39). The van der Waals surface area contributed by atoms with Gasteiger partial charge in [-0.1, -0.05) is 60.2 Å². The molecule has 0 spiro atoms. The molecule has 6 heteroatoms. The summed E-state index contributed by atoms with van der Waals surface area (Å²) in [6.07, 6.45) is 0. The number of benzene rings is 4. The highest BCUT2D eigenvalue weighted by Crippen LogP contribution is 2.29. The number of carboxylic acids is 1. The quantitative estimate of drug-likeness (QED) is 0.242. The van der Waals surface area contributed by atoms with Crippen LogP contribution in [0.15, 0.2) is 84.9 Å². The molecule has 5 aromatic rings. The van der Waals surface area contributed by atoms with Crippen LogP contribution in [0, 0.1) is 26.6 Å².